The van der Waals surface area contributed by atoms with E-state index >= 15 is 0 Å². The lowest BCUT2D eigenvalue weighted by Gasteiger charge is -2.14. The minimum absolute atomic E-state index is 0.414. The van der Waals surface area contributed by atoms with Crippen LogP contribution in [0, 0.1) is 64.2 Å². The monoisotopic (exact) mass is 960 g/mol. The van der Waals surface area contributed by atoms with Gasteiger partial charge in [0.1, 0.15) is 22.8 Å². The van der Waals surface area contributed by atoms with Gasteiger partial charge in [-0.2, -0.15) is 30.5 Å². The lowest BCUT2D eigenvalue weighted by Crippen LogP contribution is -2.04. The third-order valence-corrected chi connectivity index (χ3v) is 10.3. The summed E-state index contributed by atoms with van der Waals surface area (Å²) in [6.45, 7) is 13.0. The minimum atomic E-state index is -1.72. The zero-order chi connectivity index (χ0) is 47.6. The molecule has 0 radical (unpaired) electrons. The molecule has 0 unspecified atom stereocenters. The molecule has 5 aromatic carbocycles. The van der Waals surface area contributed by atoms with E-state index in [4.69, 9.17) is 60.1 Å². The number of ether oxygens (including phenoxy) is 2. The van der Waals surface area contributed by atoms with Crippen molar-refractivity contribution in [1.29, 1.82) is 10.5 Å². The van der Waals surface area contributed by atoms with Gasteiger partial charge in [0.2, 0.25) is 23.7 Å². The van der Waals surface area contributed by atoms with Crippen LogP contribution < -0.4 is 20.1 Å². The number of halogens is 3. The third-order valence-electron chi connectivity index (χ3n) is 10.3. The van der Waals surface area contributed by atoms with Gasteiger partial charge < -0.3 is 29.7 Å². The maximum absolute atomic E-state index is 9.09. The Bertz CT molecular complexity index is 3210. The first-order chi connectivity index (χ1) is 32.3. The molecule has 0 saturated carbocycles. The molecule has 0 amide bonds. The predicted octanol–water partition coefficient (Wildman–Crippen LogP) is 13.8. The first-order valence-electron chi connectivity index (χ1n) is 21.0. The Labute approximate surface area is 405 Å². The molecule has 3 N–H and O–H groups in total. The largest absolute Gasteiger partial charge is 0.643 e. The molecule has 0 bridgehead atoms. The Kier molecular flexibility index (Phi) is 15.7. The summed E-state index contributed by atoms with van der Waals surface area (Å²) in [6.07, 6.45) is 3.83. The summed E-state index contributed by atoms with van der Waals surface area (Å²) in [5.41, 5.74) is 12.0. The smallest absolute Gasteiger partial charge is 0.438 e. The summed E-state index contributed by atoms with van der Waals surface area (Å²) in [4.78, 5) is 21.8. The van der Waals surface area contributed by atoms with E-state index in [9.17, 15) is 0 Å². The number of nitrogens with zero attached hydrogens (tertiary/aromatic N) is 7. The van der Waals surface area contributed by atoms with Crippen molar-refractivity contribution < 1.29 is 9.47 Å². The molecule has 9 rings (SSSR count). The van der Waals surface area contributed by atoms with Gasteiger partial charge in [0, 0.05) is 30.3 Å². The lowest BCUT2D eigenvalue weighted by molar-refractivity contribution is 0.461. The molecular formula is C51H44AlCl3N10O2. The first kappa shape index (κ1) is 47.9. The third kappa shape index (κ3) is 12.4. The quantitative estimate of drug-likeness (QED) is 0.112. The summed E-state index contributed by atoms with van der Waals surface area (Å²) < 4.78 is 14.8. The molecule has 0 fully saturated rings. The van der Waals surface area contributed by atoms with Crippen LogP contribution in [0.25, 0.3) is 22.1 Å². The molecule has 12 nitrogen and oxygen atoms in total. The normalized spacial score (nSPS) is 10.5. The molecular weight excluding hydrogens is 918 g/mol. The molecule has 0 aliphatic heterocycles. The molecule has 0 saturated heterocycles. The van der Waals surface area contributed by atoms with Crippen LogP contribution in [-0.2, 0) is 6.54 Å². The zero-order valence-corrected chi connectivity index (χ0v) is 40.9. The van der Waals surface area contributed by atoms with Gasteiger partial charge in [0.25, 0.3) is 0 Å². The Balaban J connectivity index is 0.000000188. The number of aromatic amines is 1. The van der Waals surface area contributed by atoms with Gasteiger partial charge in [-0.05, 0) is 130 Å². The van der Waals surface area contributed by atoms with E-state index in [0.29, 0.717) is 47.0 Å². The number of anilines is 4. The summed E-state index contributed by atoms with van der Waals surface area (Å²) in [5.74, 6) is 3.42. The number of rotatable bonds is 10. The van der Waals surface area contributed by atoms with E-state index in [1.165, 1.54) is 16.7 Å². The van der Waals surface area contributed by atoms with E-state index < -0.39 is 11.4 Å². The summed E-state index contributed by atoms with van der Waals surface area (Å²) >= 11 is -1.72. The molecule has 0 spiro atoms. The minimum Gasteiger partial charge on any atom is -0.438 e. The topological polar surface area (TPSA) is 162 Å². The highest BCUT2D eigenvalue weighted by Crippen LogP contribution is 2.36. The fourth-order valence-electron chi connectivity index (χ4n) is 7.49. The van der Waals surface area contributed by atoms with Crippen LogP contribution in [0.15, 0.2) is 128 Å². The van der Waals surface area contributed by atoms with Crippen LogP contribution in [0.4, 0.5) is 23.3 Å². The van der Waals surface area contributed by atoms with Crippen LogP contribution in [0.2, 0.25) is 0 Å². The highest BCUT2D eigenvalue weighted by Gasteiger charge is 2.18. The summed E-state index contributed by atoms with van der Waals surface area (Å²) in [5, 5.41) is 26.1. The maximum Gasteiger partial charge on any atom is 0.643 e. The van der Waals surface area contributed by atoms with Gasteiger partial charge >= 0.3 is 11.4 Å². The number of aromatic nitrogens is 6. The van der Waals surface area contributed by atoms with Crippen molar-refractivity contribution >= 4 is 86.9 Å². The van der Waals surface area contributed by atoms with Crippen molar-refractivity contribution in [2.75, 3.05) is 10.6 Å². The van der Waals surface area contributed by atoms with Crippen LogP contribution in [0.5, 0.6) is 23.3 Å². The van der Waals surface area contributed by atoms with E-state index in [-0.39, 0.29) is 0 Å². The van der Waals surface area contributed by atoms with Crippen molar-refractivity contribution in [3.8, 4) is 35.4 Å². The first-order valence-corrected chi connectivity index (χ1v) is 26.2. The van der Waals surface area contributed by atoms with Crippen molar-refractivity contribution in [3.05, 3.63) is 178 Å². The number of nitriles is 2. The highest BCUT2D eigenvalue weighted by atomic mass is 35.8. The number of hydrogen-bond acceptors (Lipinski definition) is 10. The second-order valence-corrected chi connectivity index (χ2v) is 22.1. The number of hydrogen-bond donors (Lipinski definition) is 3. The fraction of sp³-hybridized carbons (Fsp3) is 0.137. The van der Waals surface area contributed by atoms with Crippen LogP contribution in [-0.4, -0.2) is 40.9 Å². The van der Waals surface area contributed by atoms with Gasteiger partial charge in [0.05, 0.1) is 34.0 Å². The number of H-pyrrole nitrogens is 1. The van der Waals surface area contributed by atoms with Gasteiger partial charge in [-0.25, -0.2) is 30.1 Å². The van der Waals surface area contributed by atoms with Crippen molar-refractivity contribution in [3.63, 3.8) is 0 Å². The van der Waals surface area contributed by atoms with Crippen LogP contribution in [0.3, 0.4) is 0 Å². The molecule has 0 aliphatic carbocycles. The SMILES string of the molecule is Cc1cc(C)c(Oc2nc(Nc3ccc(C#N)cc3)nc3[nH]ccc23)c(C)c1.Cc1cc(C)c(Oc2nc(Nc3ccc(C#N)cc3)nc3c2ccn3Cc2ccccc2)c(C)c1.[Cl][Al]([Cl])[Cl]. The molecule has 9 aromatic rings. The average Bonchev–Trinajstić information content (AvgIpc) is 3.94. The molecule has 67 heavy (non-hydrogen) atoms. The molecule has 0 aliphatic rings. The van der Waals surface area contributed by atoms with Crippen molar-refractivity contribution in [2.45, 2.75) is 48.1 Å². The molecule has 16 heteroatoms. The average molecular weight is 962 g/mol. The van der Waals surface area contributed by atoms with E-state index in [1.807, 2.05) is 94.7 Å². The van der Waals surface area contributed by atoms with Crippen LogP contribution in [0.1, 0.15) is 50.1 Å². The number of fused-ring (bicyclic) bond motifs is 2. The number of nitrogens with one attached hydrogen (secondary N) is 3. The maximum atomic E-state index is 9.09. The molecule has 0 atom stereocenters. The predicted molar refractivity (Wildman–Crippen MR) is 271 cm³/mol. The van der Waals surface area contributed by atoms with Crippen molar-refractivity contribution in [1.82, 2.24) is 29.5 Å². The lowest BCUT2D eigenvalue weighted by atomic mass is 10.1. The van der Waals surface area contributed by atoms with E-state index in [1.54, 1.807) is 24.3 Å². The zero-order valence-electron chi connectivity index (χ0n) is 37.5. The Morgan fingerprint density at radius 3 is 1.54 bits per heavy atom. The second kappa shape index (κ2) is 21.9. The number of benzene rings is 5. The second-order valence-electron chi connectivity index (χ2n) is 15.6. The fourth-order valence-corrected chi connectivity index (χ4v) is 7.49. The van der Waals surface area contributed by atoms with Gasteiger partial charge in [0.15, 0.2) is 0 Å². The van der Waals surface area contributed by atoms with Gasteiger partial charge in [-0.1, -0.05) is 65.7 Å². The van der Waals surface area contributed by atoms with E-state index in [2.05, 4.69) is 92.5 Å². The summed E-state index contributed by atoms with van der Waals surface area (Å²) in [6, 6.07) is 41.1. The van der Waals surface area contributed by atoms with Crippen LogP contribution >= 0.6 is 30.1 Å². The Hall–Kier alpha value is -7.08. The Morgan fingerprint density at radius 2 is 1.06 bits per heavy atom. The standard InChI is InChI=1S/C29H25N5O.C22H19N5O.Al.3ClH/c1-19-15-20(2)26(21(3)16-19)35-28-25-13-14-34(18-23-7-5-4-6-8-23)27(25)32-29(33-28)31-24-11-9-22(17-30)10-12-24;1-13-10-14(2)19(15(3)11-13)28-21-18-8-9-24-20(18)26-22(27-21)25-17-6-4-16(12-23)5-7-17;;;;/h4-16H,18H2,1-3H3,(H,31,32,33);4-11H,1-3H3,(H2,24,25,26,27);;3*1H/q;;+3;;;/p-3. The molecule has 4 heterocycles. The summed E-state index contributed by atoms with van der Waals surface area (Å²) in [7, 11) is 14.8. The van der Waals surface area contributed by atoms with Crippen molar-refractivity contribution in [2.24, 2.45) is 0 Å². The molecule has 4 aromatic heterocycles. The van der Waals surface area contributed by atoms with Gasteiger partial charge in [-0.3, -0.25) is 0 Å². The Morgan fingerprint density at radius 1 is 0.597 bits per heavy atom. The van der Waals surface area contributed by atoms with E-state index in [0.717, 1.165) is 61.5 Å². The highest BCUT2D eigenvalue weighted by molar-refractivity contribution is 7.54. The molecule has 334 valence electrons. The number of aryl methyl sites for hydroxylation is 6. The van der Waals surface area contributed by atoms with Gasteiger partial charge in [-0.15, -0.1) is 0 Å².